The fourth-order valence-electron chi connectivity index (χ4n) is 1.99. The van der Waals surface area contributed by atoms with Gasteiger partial charge in [0.15, 0.2) is 11.0 Å². The van der Waals surface area contributed by atoms with Gasteiger partial charge in [-0.25, -0.2) is 4.98 Å². The van der Waals surface area contributed by atoms with Crippen LogP contribution in [0.4, 0.5) is 43.9 Å². The Kier molecular flexibility index (Phi) is 7.07. The topological polar surface area (TPSA) is 87.7 Å². The van der Waals surface area contributed by atoms with E-state index in [0.717, 1.165) is 13.8 Å². The molecule has 2 unspecified atom stereocenters. The molecule has 3 N–H and O–H groups in total. The largest absolute Gasteiger partial charge is 0.408 e. The monoisotopic (exact) mass is 477 g/mol. The van der Waals surface area contributed by atoms with E-state index in [-0.39, 0.29) is 27.4 Å². The average Bonchev–Trinajstić information content (AvgIpc) is 2.59. The SMILES string of the molecule is CNc1c(Cl)cc(-c2nc(NC(C)C(F)(F)F)nc(NC(C)C(F)(F)F)n2)nc1Cl. The van der Waals surface area contributed by atoms with Crippen molar-refractivity contribution < 1.29 is 26.3 Å². The highest BCUT2D eigenvalue weighted by Gasteiger charge is 2.38. The van der Waals surface area contributed by atoms with Crippen LogP contribution < -0.4 is 16.0 Å². The molecule has 0 spiro atoms. The molecule has 7 nitrogen and oxygen atoms in total. The van der Waals surface area contributed by atoms with Gasteiger partial charge < -0.3 is 16.0 Å². The molecule has 0 radical (unpaired) electrons. The maximum Gasteiger partial charge on any atom is 0.408 e. The second-order valence-corrected chi connectivity index (χ2v) is 6.79. The summed E-state index contributed by atoms with van der Waals surface area (Å²) in [5, 5.41) is 6.65. The van der Waals surface area contributed by atoms with E-state index >= 15 is 0 Å². The molecule has 2 rings (SSSR count). The Morgan fingerprint density at radius 1 is 0.833 bits per heavy atom. The molecule has 0 saturated heterocycles. The van der Waals surface area contributed by atoms with E-state index in [0.29, 0.717) is 0 Å². The number of anilines is 3. The number of rotatable bonds is 6. The molecular formula is C15H15Cl2F6N7. The van der Waals surface area contributed by atoms with Gasteiger partial charge in [0.2, 0.25) is 11.9 Å². The predicted molar refractivity (Wildman–Crippen MR) is 101 cm³/mol. The van der Waals surface area contributed by atoms with Crippen molar-refractivity contribution in [2.75, 3.05) is 23.0 Å². The number of pyridine rings is 1. The zero-order chi connectivity index (χ0) is 22.9. The van der Waals surface area contributed by atoms with Gasteiger partial charge in [-0.05, 0) is 19.9 Å². The van der Waals surface area contributed by atoms with Crippen LogP contribution >= 0.6 is 23.2 Å². The van der Waals surface area contributed by atoms with E-state index in [1.54, 1.807) is 0 Å². The Labute approximate surface area is 176 Å². The number of halogens is 8. The Bertz CT molecular complexity index is 843. The lowest BCUT2D eigenvalue weighted by atomic mass is 10.3. The van der Waals surface area contributed by atoms with Gasteiger partial charge in [0.05, 0.1) is 10.7 Å². The third-order valence-corrected chi connectivity index (χ3v) is 4.29. The molecule has 2 aromatic rings. The third-order valence-electron chi connectivity index (χ3n) is 3.71. The second kappa shape index (κ2) is 8.84. The van der Waals surface area contributed by atoms with Crippen molar-refractivity contribution in [1.82, 2.24) is 19.9 Å². The van der Waals surface area contributed by atoms with Crippen LogP contribution in [0.5, 0.6) is 0 Å². The highest BCUT2D eigenvalue weighted by Crippen LogP contribution is 2.32. The van der Waals surface area contributed by atoms with E-state index < -0.39 is 36.3 Å². The lowest BCUT2D eigenvalue weighted by Gasteiger charge is -2.20. The van der Waals surface area contributed by atoms with Crippen LogP contribution in [-0.4, -0.2) is 51.4 Å². The standard InChI is InChI=1S/C15H15Cl2F6N7/c1-5(14(18,19)20)25-12-28-11(8-4-7(16)9(24-3)10(17)27-8)29-13(30-12)26-6(2)15(21,22)23/h4-6,24H,1-3H3,(H2,25,26,28,29,30). The third kappa shape index (κ3) is 5.88. The van der Waals surface area contributed by atoms with Gasteiger partial charge in [-0.2, -0.15) is 41.3 Å². The van der Waals surface area contributed by atoms with Gasteiger partial charge in [0.1, 0.15) is 17.8 Å². The minimum Gasteiger partial charge on any atom is -0.384 e. The van der Waals surface area contributed by atoms with Crippen LogP contribution in [0.3, 0.4) is 0 Å². The molecule has 0 aromatic carbocycles. The van der Waals surface area contributed by atoms with Crippen LogP contribution in [0.25, 0.3) is 11.5 Å². The van der Waals surface area contributed by atoms with Crippen molar-refractivity contribution in [3.8, 4) is 11.5 Å². The van der Waals surface area contributed by atoms with Gasteiger partial charge in [0.25, 0.3) is 0 Å². The Morgan fingerprint density at radius 3 is 1.67 bits per heavy atom. The molecule has 0 saturated carbocycles. The first-order chi connectivity index (χ1) is 13.7. The summed E-state index contributed by atoms with van der Waals surface area (Å²) in [4.78, 5) is 15.2. The highest BCUT2D eigenvalue weighted by atomic mass is 35.5. The second-order valence-electron chi connectivity index (χ2n) is 6.03. The number of nitrogens with zero attached hydrogens (tertiary/aromatic N) is 4. The molecule has 0 amide bonds. The van der Waals surface area contributed by atoms with E-state index in [4.69, 9.17) is 23.2 Å². The summed E-state index contributed by atoms with van der Waals surface area (Å²) in [5.41, 5.74) is 0.182. The molecule has 166 valence electrons. The summed E-state index contributed by atoms with van der Waals surface area (Å²) in [6.45, 7) is 1.59. The summed E-state index contributed by atoms with van der Waals surface area (Å²) in [7, 11) is 1.53. The first kappa shape index (κ1) is 24.0. The summed E-state index contributed by atoms with van der Waals surface area (Å²) in [6, 6.07) is -2.93. The van der Waals surface area contributed by atoms with Crippen LogP contribution in [0.1, 0.15) is 13.8 Å². The fraction of sp³-hybridized carbons (Fsp3) is 0.467. The van der Waals surface area contributed by atoms with Crippen LogP contribution in [0, 0.1) is 0 Å². The molecule has 15 heteroatoms. The first-order valence-corrected chi connectivity index (χ1v) is 8.94. The molecule has 0 aliphatic rings. The number of nitrogens with one attached hydrogen (secondary N) is 3. The van der Waals surface area contributed by atoms with Gasteiger partial charge in [-0.3, -0.25) is 0 Å². The molecule has 0 aliphatic carbocycles. The number of alkyl halides is 6. The van der Waals surface area contributed by atoms with Gasteiger partial charge in [-0.15, -0.1) is 0 Å². The van der Waals surface area contributed by atoms with Gasteiger partial charge in [0, 0.05) is 7.05 Å². The lowest BCUT2D eigenvalue weighted by Crippen LogP contribution is -2.35. The van der Waals surface area contributed by atoms with Gasteiger partial charge in [-0.1, -0.05) is 23.2 Å². The first-order valence-electron chi connectivity index (χ1n) is 8.19. The molecule has 0 bridgehead atoms. The minimum atomic E-state index is -4.65. The average molecular weight is 478 g/mol. The quantitative estimate of drug-likeness (QED) is 0.398. The van der Waals surface area contributed by atoms with E-state index in [9.17, 15) is 26.3 Å². The van der Waals surface area contributed by atoms with Crippen molar-refractivity contribution in [2.24, 2.45) is 0 Å². The van der Waals surface area contributed by atoms with E-state index in [2.05, 4.69) is 25.3 Å². The van der Waals surface area contributed by atoms with Crippen LogP contribution in [0.2, 0.25) is 10.2 Å². The molecule has 2 aromatic heterocycles. The molecule has 0 aliphatic heterocycles. The van der Waals surface area contributed by atoms with Crippen LogP contribution in [-0.2, 0) is 0 Å². The minimum absolute atomic E-state index is 0.0863. The van der Waals surface area contributed by atoms with Crippen molar-refractivity contribution >= 4 is 40.8 Å². The van der Waals surface area contributed by atoms with Crippen molar-refractivity contribution in [3.05, 3.63) is 16.2 Å². The maximum atomic E-state index is 12.9. The normalized spacial score (nSPS) is 14.2. The highest BCUT2D eigenvalue weighted by molar-refractivity contribution is 6.38. The Balaban J connectivity index is 2.53. The summed E-state index contributed by atoms with van der Waals surface area (Å²) in [6.07, 6.45) is -9.31. The molecular weight excluding hydrogens is 463 g/mol. The summed E-state index contributed by atoms with van der Waals surface area (Å²) in [5.74, 6) is -1.58. The lowest BCUT2D eigenvalue weighted by molar-refractivity contribution is -0.139. The predicted octanol–water partition coefficient (Wildman–Crippen LogP) is 5.01. The Hall–Kier alpha value is -2.28. The summed E-state index contributed by atoms with van der Waals surface area (Å²) >= 11 is 12.1. The number of hydrogen-bond donors (Lipinski definition) is 3. The van der Waals surface area contributed by atoms with Crippen molar-refractivity contribution in [1.29, 1.82) is 0 Å². The molecule has 0 fully saturated rings. The fourth-order valence-corrected chi connectivity index (χ4v) is 2.62. The zero-order valence-corrected chi connectivity index (χ0v) is 17.1. The number of aromatic nitrogens is 4. The van der Waals surface area contributed by atoms with Crippen molar-refractivity contribution in [2.45, 2.75) is 38.3 Å². The molecule has 30 heavy (non-hydrogen) atoms. The zero-order valence-electron chi connectivity index (χ0n) is 15.5. The van der Waals surface area contributed by atoms with E-state index in [1.165, 1.54) is 13.1 Å². The smallest absolute Gasteiger partial charge is 0.384 e. The van der Waals surface area contributed by atoms with Crippen molar-refractivity contribution in [3.63, 3.8) is 0 Å². The number of hydrogen-bond acceptors (Lipinski definition) is 7. The Morgan fingerprint density at radius 2 is 1.30 bits per heavy atom. The van der Waals surface area contributed by atoms with Gasteiger partial charge >= 0.3 is 12.4 Å². The van der Waals surface area contributed by atoms with E-state index in [1.807, 2.05) is 10.6 Å². The maximum absolute atomic E-state index is 12.9. The summed E-state index contributed by atoms with van der Waals surface area (Å²) < 4.78 is 77.2. The molecule has 2 atom stereocenters. The van der Waals surface area contributed by atoms with Crippen LogP contribution in [0.15, 0.2) is 6.07 Å². The molecule has 2 heterocycles.